The van der Waals surface area contributed by atoms with E-state index in [0.717, 1.165) is 16.7 Å². The van der Waals surface area contributed by atoms with E-state index in [1.165, 1.54) is 24.5 Å². The van der Waals surface area contributed by atoms with Gasteiger partial charge in [-0.05, 0) is 35.4 Å². The molecule has 0 unspecified atom stereocenters. The van der Waals surface area contributed by atoms with E-state index >= 15 is 0 Å². The fourth-order valence-electron chi connectivity index (χ4n) is 3.30. The lowest BCUT2D eigenvalue weighted by Gasteiger charge is -2.12. The molecule has 0 radical (unpaired) electrons. The molecule has 1 aromatic heterocycles. The lowest BCUT2D eigenvalue weighted by Crippen LogP contribution is -2.15. The van der Waals surface area contributed by atoms with E-state index in [4.69, 9.17) is 16.9 Å². The summed E-state index contributed by atoms with van der Waals surface area (Å²) in [5, 5.41) is 12.4. The van der Waals surface area contributed by atoms with Gasteiger partial charge in [-0.2, -0.15) is 5.26 Å². The summed E-state index contributed by atoms with van der Waals surface area (Å²) < 4.78 is 28.2. The lowest BCUT2D eigenvalue weighted by atomic mass is 10.1. The van der Waals surface area contributed by atoms with Crippen LogP contribution in [0.1, 0.15) is 16.7 Å². The fraction of sp³-hybridized carbons (Fsp3) is 0.0800. The first-order valence-electron chi connectivity index (χ1n) is 10.3. The molecule has 4 aromatic rings. The van der Waals surface area contributed by atoms with Crippen LogP contribution in [0.4, 0.5) is 5.82 Å². The van der Waals surface area contributed by atoms with Crippen LogP contribution < -0.4 is 10.0 Å². The molecule has 0 saturated carbocycles. The number of rotatable bonds is 8. The molecule has 0 aliphatic carbocycles. The van der Waals surface area contributed by atoms with E-state index in [9.17, 15) is 8.42 Å². The number of hydrogen-bond donors (Lipinski definition) is 2. The predicted molar refractivity (Wildman–Crippen MR) is 131 cm³/mol. The van der Waals surface area contributed by atoms with Crippen molar-refractivity contribution in [1.82, 2.24) is 15.3 Å². The molecule has 0 saturated heterocycles. The Morgan fingerprint density at radius 3 is 2.12 bits per heavy atom. The van der Waals surface area contributed by atoms with Gasteiger partial charge in [0.1, 0.15) is 10.6 Å². The number of nitriles is 1. The normalized spacial score (nSPS) is 11.1. The Kier molecular flexibility index (Phi) is 7.18. The van der Waals surface area contributed by atoms with Gasteiger partial charge < -0.3 is 5.32 Å². The van der Waals surface area contributed by atoms with Gasteiger partial charge in [0.15, 0.2) is 5.82 Å². The standard InChI is InChI=1S/C25H20ClN5O2S/c26-22-3-1-2-4-23(22)34(32,33)31-25-24(29-13-14-30-25)21-11-9-20(10-12-21)17-28-16-19-7-5-18(15-27)6-8-19/h1-14,28H,16-17H2,(H,30,31). The Hall–Kier alpha value is -3.77. The zero-order chi connectivity index (χ0) is 24.0. The van der Waals surface area contributed by atoms with Crippen LogP contribution in [0.3, 0.4) is 0 Å². The highest BCUT2D eigenvalue weighted by Gasteiger charge is 2.20. The lowest BCUT2D eigenvalue weighted by molar-refractivity contribution is 0.601. The molecule has 1 heterocycles. The van der Waals surface area contributed by atoms with Crippen LogP contribution in [-0.2, 0) is 23.1 Å². The van der Waals surface area contributed by atoms with Gasteiger partial charge in [-0.3, -0.25) is 9.71 Å². The second-order valence-electron chi connectivity index (χ2n) is 7.40. The van der Waals surface area contributed by atoms with E-state index in [1.807, 2.05) is 36.4 Å². The van der Waals surface area contributed by atoms with Crippen molar-refractivity contribution in [2.24, 2.45) is 0 Å². The first kappa shape index (κ1) is 23.4. The van der Waals surface area contributed by atoms with Gasteiger partial charge in [0.25, 0.3) is 10.0 Å². The summed E-state index contributed by atoms with van der Waals surface area (Å²) in [6.07, 6.45) is 2.94. The number of hydrogen-bond acceptors (Lipinski definition) is 6. The molecule has 0 bridgehead atoms. The van der Waals surface area contributed by atoms with Crippen LogP contribution in [0.25, 0.3) is 11.3 Å². The van der Waals surface area contributed by atoms with Gasteiger partial charge in [-0.1, -0.05) is 60.1 Å². The highest BCUT2D eigenvalue weighted by Crippen LogP contribution is 2.28. The fourth-order valence-corrected chi connectivity index (χ4v) is 4.83. The number of benzene rings is 3. The van der Waals surface area contributed by atoms with Crippen LogP contribution in [0.2, 0.25) is 5.02 Å². The van der Waals surface area contributed by atoms with E-state index in [2.05, 4.69) is 26.1 Å². The monoisotopic (exact) mass is 489 g/mol. The first-order chi connectivity index (χ1) is 16.5. The van der Waals surface area contributed by atoms with Crippen molar-refractivity contribution in [1.29, 1.82) is 5.26 Å². The molecule has 0 spiro atoms. The average Bonchev–Trinajstić information content (AvgIpc) is 2.85. The molecule has 170 valence electrons. The van der Waals surface area contributed by atoms with E-state index < -0.39 is 10.0 Å². The van der Waals surface area contributed by atoms with E-state index in [-0.39, 0.29) is 15.7 Å². The quantitative estimate of drug-likeness (QED) is 0.369. The molecular formula is C25H20ClN5O2S. The summed E-state index contributed by atoms with van der Waals surface area (Å²) in [5.74, 6) is 0.120. The zero-order valence-electron chi connectivity index (χ0n) is 17.9. The van der Waals surface area contributed by atoms with Gasteiger partial charge in [0.2, 0.25) is 0 Å². The minimum absolute atomic E-state index is 0.0306. The Labute approximate surface area is 203 Å². The Morgan fingerprint density at radius 1 is 0.853 bits per heavy atom. The summed E-state index contributed by atoms with van der Waals surface area (Å²) >= 11 is 6.07. The molecule has 0 aliphatic heterocycles. The Bertz CT molecular complexity index is 1430. The van der Waals surface area contributed by atoms with Gasteiger partial charge in [0, 0.05) is 31.0 Å². The smallest absolute Gasteiger partial charge is 0.264 e. The average molecular weight is 490 g/mol. The predicted octanol–water partition coefficient (Wildman–Crippen LogP) is 4.76. The third-order valence-corrected chi connectivity index (χ3v) is 6.86. The number of halogens is 1. The maximum Gasteiger partial charge on any atom is 0.264 e. The minimum atomic E-state index is -3.94. The zero-order valence-corrected chi connectivity index (χ0v) is 19.5. The molecule has 34 heavy (non-hydrogen) atoms. The van der Waals surface area contributed by atoms with Gasteiger partial charge >= 0.3 is 0 Å². The van der Waals surface area contributed by atoms with Crippen molar-refractivity contribution in [3.05, 3.63) is 107 Å². The molecule has 7 nitrogen and oxygen atoms in total. The van der Waals surface area contributed by atoms with Crippen LogP contribution in [0.15, 0.2) is 90.1 Å². The Morgan fingerprint density at radius 2 is 1.47 bits per heavy atom. The topological polar surface area (TPSA) is 108 Å². The van der Waals surface area contributed by atoms with Crippen LogP contribution in [-0.4, -0.2) is 18.4 Å². The minimum Gasteiger partial charge on any atom is -0.309 e. The first-order valence-corrected chi connectivity index (χ1v) is 12.2. The van der Waals surface area contributed by atoms with Crippen molar-refractivity contribution in [3.63, 3.8) is 0 Å². The SMILES string of the molecule is N#Cc1ccc(CNCc2ccc(-c3nccnc3NS(=O)(=O)c3ccccc3Cl)cc2)cc1. The highest BCUT2D eigenvalue weighted by molar-refractivity contribution is 7.92. The largest absolute Gasteiger partial charge is 0.309 e. The van der Waals surface area contributed by atoms with Gasteiger partial charge in [-0.15, -0.1) is 0 Å². The van der Waals surface area contributed by atoms with E-state index in [0.29, 0.717) is 24.3 Å². The maximum absolute atomic E-state index is 12.8. The van der Waals surface area contributed by atoms with Gasteiger partial charge in [-0.25, -0.2) is 13.4 Å². The highest BCUT2D eigenvalue weighted by atomic mass is 35.5. The number of sulfonamides is 1. The Balaban J connectivity index is 1.46. The number of nitrogens with zero attached hydrogens (tertiary/aromatic N) is 3. The number of anilines is 1. The third-order valence-electron chi connectivity index (χ3n) is 5.02. The van der Waals surface area contributed by atoms with Crippen molar-refractivity contribution in [2.45, 2.75) is 18.0 Å². The molecular weight excluding hydrogens is 470 g/mol. The second-order valence-corrected chi connectivity index (χ2v) is 9.46. The maximum atomic E-state index is 12.8. The number of nitrogens with one attached hydrogen (secondary N) is 2. The summed E-state index contributed by atoms with van der Waals surface area (Å²) in [7, 11) is -3.94. The second kappa shape index (κ2) is 10.4. The molecule has 0 atom stereocenters. The molecule has 0 aliphatic rings. The molecule has 2 N–H and O–H groups in total. The van der Waals surface area contributed by atoms with Crippen molar-refractivity contribution in [2.75, 3.05) is 4.72 Å². The van der Waals surface area contributed by atoms with Crippen LogP contribution in [0, 0.1) is 11.3 Å². The summed E-state index contributed by atoms with van der Waals surface area (Å²) in [6, 6.07) is 23.4. The molecule has 4 rings (SSSR count). The van der Waals surface area contributed by atoms with Gasteiger partial charge in [0.05, 0.1) is 16.7 Å². The molecule has 0 fully saturated rings. The van der Waals surface area contributed by atoms with E-state index in [1.54, 1.807) is 24.3 Å². The number of aromatic nitrogens is 2. The van der Waals surface area contributed by atoms with Crippen molar-refractivity contribution in [3.8, 4) is 17.3 Å². The summed E-state index contributed by atoms with van der Waals surface area (Å²) in [5.41, 5.74) is 3.91. The third kappa shape index (κ3) is 5.58. The van der Waals surface area contributed by atoms with Crippen molar-refractivity contribution < 1.29 is 8.42 Å². The molecule has 9 heteroatoms. The van der Waals surface area contributed by atoms with Crippen LogP contribution >= 0.6 is 11.6 Å². The van der Waals surface area contributed by atoms with Crippen LogP contribution in [0.5, 0.6) is 0 Å². The summed E-state index contributed by atoms with van der Waals surface area (Å²) in [6.45, 7) is 1.32. The molecule has 0 amide bonds. The van der Waals surface area contributed by atoms with Crippen molar-refractivity contribution >= 4 is 27.4 Å². The molecule has 3 aromatic carbocycles. The summed E-state index contributed by atoms with van der Waals surface area (Å²) in [4.78, 5) is 8.49.